The van der Waals surface area contributed by atoms with E-state index in [1.54, 1.807) is 0 Å². The summed E-state index contributed by atoms with van der Waals surface area (Å²) in [5.41, 5.74) is 4.20. The molecule has 2 aromatic rings. The average Bonchev–Trinajstić information content (AvgIpc) is 3.25. The van der Waals surface area contributed by atoms with E-state index in [-0.39, 0.29) is 0 Å². The van der Waals surface area contributed by atoms with Crippen molar-refractivity contribution >= 4 is 10.8 Å². The molecule has 0 spiro atoms. The summed E-state index contributed by atoms with van der Waals surface area (Å²) in [5, 5.41) is 2.77. The van der Waals surface area contributed by atoms with Gasteiger partial charge in [-0.3, -0.25) is 0 Å². The zero-order valence-corrected chi connectivity index (χ0v) is 11.2. The summed E-state index contributed by atoms with van der Waals surface area (Å²) in [7, 11) is 0. The lowest BCUT2D eigenvalue weighted by Gasteiger charge is -2.11. The molecule has 0 saturated carbocycles. The molecule has 2 aliphatic rings. The predicted octanol–water partition coefficient (Wildman–Crippen LogP) is 3.03. The molecule has 0 N–H and O–H groups in total. The van der Waals surface area contributed by atoms with E-state index >= 15 is 0 Å². The lowest BCUT2D eigenvalue weighted by molar-refractivity contribution is 0.407. The number of rotatable bonds is 4. The smallest absolute Gasteiger partial charge is 0.0850 e. The zero-order valence-electron chi connectivity index (χ0n) is 11.2. The Bertz CT molecular complexity index is 624. The highest BCUT2D eigenvalue weighted by atomic mass is 16.6. The van der Waals surface area contributed by atoms with E-state index in [1.807, 2.05) is 0 Å². The Morgan fingerprint density at radius 1 is 1.05 bits per heavy atom. The first-order chi connectivity index (χ1) is 9.29. The summed E-state index contributed by atoms with van der Waals surface area (Å²) in [6.45, 7) is 4.07. The minimum absolute atomic E-state index is 0.449. The molecule has 4 rings (SSSR count). The van der Waals surface area contributed by atoms with Crippen LogP contribution >= 0.6 is 0 Å². The quantitative estimate of drug-likeness (QED) is 0.783. The van der Waals surface area contributed by atoms with Crippen molar-refractivity contribution < 1.29 is 9.47 Å². The molecule has 2 fully saturated rings. The van der Waals surface area contributed by atoms with Gasteiger partial charge in [-0.05, 0) is 34.4 Å². The maximum atomic E-state index is 5.37. The molecule has 2 heteroatoms. The molecule has 0 amide bonds. The maximum absolute atomic E-state index is 5.37. The fourth-order valence-corrected chi connectivity index (χ4v) is 2.98. The molecular formula is C17H18O2. The summed E-state index contributed by atoms with van der Waals surface area (Å²) < 4.78 is 10.7. The third-order valence-electron chi connectivity index (χ3n) is 4.04. The van der Waals surface area contributed by atoms with Crippen molar-refractivity contribution in [2.24, 2.45) is 0 Å². The second kappa shape index (κ2) is 4.32. The minimum Gasteiger partial charge on any atom is -0.373 e. The molecule has 0 aromatic heterocycles. The Balaban J connectivity index is 1.77. The van der Waals surface area contributed by atoms with Crippen LogP contribution in [0.5, 0.6) is 0 Å². The van der Waals surface area contributed by atoms with Crippen molar-refractivity contribution in [2.75, 3.05) is 13.2 Å². The van der Waals surface area contributed by atoms with Crippen molar-refractivity contribution in [3.63, 3.8) is 0 Å². The van der Waals surface area contributed by atoms with E-state index in [0.29, 0.717) is 12.2 Å². The number of epoxide rings is 2. The Hall–Kier alpha value is -1.38. The van der Waals surface area contributed by atoms with Gasteiger partial charge in [-0.1, -0.05) is 30.3 Å². The Kier molecular flexibility index (Phi) is 2.61. The van der Waals surface area contributed by atoms with Crippen molar-refractivity contribution in [1.82, 2.24) is 0 Å². The fraction of sp³-hybridized carbons (Fsp3) is 0.412. The van der Waals surface area contributed by atoms with Gasteiger partial charge in [0.1, 0.15) is 0 Å². The van der Waals surface area contributed by atoms with Crippen LogP contribution in [0.25, 0.3) is 10.8 Å². The van der Waals surface area contributed by atoms with Gasteiger partial charge in [-0.2, -0.15) is 0 Å². The standard InChI is InChI=1S/C17H18O2/c1-11-5-12(7-15-9-18-15)6-13-3-2-4-14(17(11)13)8-16-10-19-16/h2-6,15-16H,7-10H2,1H3. The van der Waals surface area contributed by atoms with Crippen LogP contribution in [0, 0.1) is 6.92 Å². The third kappa shape index (κ3) is 2.38. The molecular weight excluding hydrogens is 236 g/mol. The number of hydrogen-bond acceptors (Lipinski definition) is 2. The lowest BCUT2D eigenvalue weighted by atomic mass is 9.94. The summed E-state index contributed by atoms with van der Waals surface area (Å²) >= 11 is 0. The molecule has 2 unspecified atom stereocenters. The molecule has 2 atom stereocenters. The van der Waals surface area contributed by atoms with Crippen LogP contribution in [0.2, 0.25) is 0 Å². The summed E-state index contributed by atoms with van der Waals surface area (Å²) in [6, 6.07) is 11.3. The number of ether oxygens (including phenoxy) is 2. The molecule has 98 valence electrons. The van der Waals surface area contributed by atoms with Gasteiger partial charge in [-0.15, -0.1) is 0 Å². The molecule has 0 bridgehead atoms. The van der Waals surface area contributed by atoms with Gasteiger partial charge in [0.05, 0.1) is 25.4 Å². The first-order valence-corrected chi connectivity index (χ1v) is 7.04. The van der Waals surface area contributed by atoms with Crippen molar-refractivity contribution in [3.8, 4) is 0 Å². The van der Waals surface area contributed by atoms with Gasteiger partial charge in [0.25, 0.3) is 0 Å². The molecule has 2 nitrogen and oxygen atoms in total. The van der Waals surface area contributed by atoms with E-state index in [4.69, 9.17) is 9.47 Å². The van der Waals surface area contributed by atoms with Crippen LogP contribution in [-0.2, 0) is 22.3 Å². The van der Waals surface area contributed by atoms with E-state index in [9.17, 15) is 0 Å². The van der Waals surface area contributed by atoms with Crippen LogP contribution in [0.15, 0.2) is 30.3 Å². The van der Waals surface area contributed by atoms with E-state index in [2.05, 4.69) is 37.3 Å². The molecule has 19 heavy (non-hydrogen) atoms. The van der Waals surface area contributed by atoms with Gasteiger partial charge < -0.3 is 9.47 Å². The van der Waals surface area contributed by atoms with Gasteiger partial charge in [0, 0.05) is 12.8 Å². The van der Waals surface area contributed by atoms with E-state index in [1.165, 1.54) is 27.5 Å². The Morgan fingerprint density at radius 3 is 2.53 bits per heavy atom. The average molecular weight is 254 g/mol. The number of hydrogen-bond donors (Lipinski definition) is 0. The van der Waals surface area contributed by atoms with Crippen molar-refractivity contribution in [1.29, 1.82) is 0 Å². The zero-order chi connectivity index (χ0) is 12.8. The largest absolute Gasteiger partial charge is 0.373 e. The lowest BCUT2D eigenvalue weighted by Crippen LogP contribution is -1.98. The predicted molar refractivity (Wildman–Crippen MR) is 75.6 cm³/mol. The van der Waals surface area contributed by atoms with Crippen LogP contribution in [0.1, 0.15) is 16.7 Å². The summed E-state index contributed by atoms with van der Waals surface area (Å²) in [4.78, 5) is 0. The van der Waals surface area contributed by atoms with Gasteiger partial charge in [0.2, 0.25) is 0 Å². The van der Waals surface area contributed by atoms with Crippen LogP contribution < -0.4 is 0 Å². The summed E-state index contributed by atoms with van der Waals surface area (Å²) in [6.07, 6.45) is 3.00. The highest BCUT2D eigenvalue weighted by Gasteiger charge is 2.25. The monoisotopic (exact) mass is 254 g/mol. The number of fused-ring (bicyclic) bond motifs is 1. The topological polar surface area (TPSA) is 25.1 Å². The molecule has 2 heterocycles. The Morgan fingerprint density at radius 2 is 1.79 bits per heavy atom. The normalized spacial score (nSPS) is 24.7. The van der Waals surface area contributed by atoms with Crippen molar-refractivity contribution in [2.45, 2.75) is 32.0 Å². The Labute approximate surface area is 113 Å². The fourth-order valence-electron chi connectivity index (χ4n) is 2.98. The first-order valence-electron chi connectivity index (χ1n) is 7.04. The van der Waals surface area contributed by atoms with E-state index < -0.39 is 0 Å². The minimum atomic E-state index is 0.449. The highest BCUT2D eigenvalue weighted by molar-refractivity contribution is 5.89. The van der Waals surface area contributed by atoms with E-state index in [0.717, 1.165) is 26.1 Å². The van der Waals surface area contributed by atoms with Gasteiger partial charge >= 0.3 is 0 Å². The van der Waals surface area contributed by atoms with Crippen LogP contribution in [0.4, 0.5) is 0 Å². The number of benzene rings is 2. The van der Waals surface area contributed by atoms with Crippen LogP contribution in [-0.4, -0.2) is 25.4 Å². The SMILES string of the molecule is Cc1cc(CC2CO2)cc2cccc(CC3CO3)c12. The van der Waals surface area contributed by atoms with Gasteiger partial charge in [0.15, 0.2) is 0 Å². The first kappa shape index (κ1) is 11.4. The van der Waals surface area contributed by atoms with Gasteiger partial charge in [-0.25, -0.2) is 0 Å². The van der Waals surface area contributed by atoms with Crippen molar-refractivity contribution in [3.05, 3.63) is 47.0 Å². The molecule has 2 saturated heterocycles. The second-order valence-electron chi connectivity index (χ2n) is 5.75. The second-order valence-corrected chi connectivity index (χ2v) is 5.75. The molecule has 2 aliphatic heterocycles. The molecule has 0 aliphatic carbocycles. The maximum Gasteiger partial charge on any atom is 0.0850 e. The highest BCUT2D eigenvalue weighted by Crippen LogP contribution is 2.29. The molecule has 2 aromatic carbocycles. The number of aryl methyl sites for hydroxylation is 1. The summed E-state index contributed by atoms with van der Waals surface area (Å²) in [5.74, 6) is 0. The third-order valence-corrected chi connectivity index (χ3v) is 4.04. The molecule has 0 radical (unpaired) electrons. The van der Waals surface area contributed by atoms with Crippen LogP contribution in [0.3, 0.4) is 0 Å².